The van der Waals surface area contributed by atoms with E-state index in [1.54, 1.807) is 19.1 Å². The molecule has 2 aliphatic rings. The maximum Gasteiger partial charge on any atom is 0.387 e. The number of thioether (sulfide) groups is 1. The van der Waals surface area contributed by atoms with Crippen LogP contribution in [-0.2, 0) is 19.4 Å². The minimum absolute atomic E-state index is 0.0514. The highest BCUT2D eigenvalue weighted by Crippen LogP contribution is 2.31. The van der Waals surface area contributed by atoms with Crippen molar-refractivity contribution in [1.29, 1.82) is 0 Å². The van der Waals surface area contributed by atoms with Crippen LogP contribution in [0, 0.1) is 0 Å². The summed E-state index contributed by atoms with van der Waals surface area (Å²) in [6.07, 6.45) is 3.30. The molecular formula is C23H23F2N3O6S2. The maximum atomic E-state index is 13.2. The van der Waals surface area contributed by atoms with Gasteiger partial charge in [0, 0.05) is 18.7 Å². The largest absolute Gasteiger partial charge is 0.465 e. The van der Waals surface area contributed by atoms with Gasteiger partial charge in [-0.1, -0.05) is 11.8 Å². The van der Waals surface area contributed by atoms with Crippen molar-refractivity contribution >= 4 is 50.3 Å². The molecule has 13 heteroatoms. The molecule has 0 spiro atoms. The fraction of sp³-hybridized carbons (Fsp3) is 0.348. The summed E-state index contributed by atoms with van der Waals surface area (Å²) in [6.45, 7) is -0.852. The summed E-state index contributed by atoms with van der Waals surface area (Å²) in [4.78, 5) is 33.4. The molecule has 0 bridgehead atoms. The number of carbonyl (C=O) groups excluding carboxylic acids is 2. The molecule has 1 aromatic heterocycles. The molecule has 1 fully saturated rings. The third-order valence-corrected chi connectivity index (χ3v) is 8.28. The molecule has 1 aromatic carbocycles. The van der Waals surface area contributed by atoms with Crippen molar-refractivity contribution in [3.63, 3.8) is 0 Å². The van der Waals surface area contributed by atoms with E-state index in [-0.39, 0.29) is 45.8 Å². The Labute approximate surface area is 210 Å². The zero-order valence-electron chi connectivity index (χ0n) is 19.2. The van der Waals surface area contributed by atoms with Crippen LogP contribution in [0.2, 0.25) is 0 Å². The zero-order valence-corrected chi connectivity index (χ0v) is 20.8. The summed E-state index contributed by atoms with van der Waals surface area (Å²) in [7, 11) is -3.16. The number of aliphatic imine (C=N–C) groups is 1. The van der Waals surface area contributed by atoms with Crippen LogP contribution in [0.4, 0.5) is 14.5 Å². The summed E-state index contributed by atoms with van der Waals surface area (Å²) < 4.78 is 58.4. The Morgan fingerprint density at radius 1 is 1.33 bits per heavy atom. The van der Waals surface area contributed by atoms with E-state index in [4.69, 9.17) is 4.42 Å². The summed E-state index contributed by atoms with van der Waals surface area (Å²) >= 11 is 1.02. The monoisotopic (exact) mass is 539 g/mol. The molecule has 192 valence electrons. The SMILES string of the molecule is CCN(C(=O)CSC1=N/C(=C/c2ccco2)C(=O)N1c1ccc(OC(F)F)cc1)[C@H]1CCS(=O)(=O)C1. The Hall–Kier alpha value is -3.19. The number of amidine groups is 1. The third kappa shape index (κ3) is 5.95. The highest BCUT2D eigenvalue weighted by Gasteiger charge is 2.36. The minimum atomic E-state index is -3.16. The van der Waals surface area contributed by atoms with Gasteiger partial charge < -0.3 is 14.1 Å². The molecule has 4 rings (SSSR count). The first-order valence-corrected chi connectivity index (χ1v) is 13.8. The second kappa shape index (κ2) is 10.8. The van der Waals surface area contributed by atoms with Crippen molar-refractivity contribution in [2.24, 2.45) is 4.99 Å². The molecule has 1 saturated heterocycles. The van der Waals surface area contributed by atoms with Crippen molar-refractivity contribution in [2.75, 3.05) is 28.7 Å². The van der Waals surface area contributed by atoms with Crippen LogP contribution < -0.4 is 9.64 Å². The quantitative estimate of drug-likeness (QED) is 0.473. The van der Waals surface area contributed by atoms with Crippen LogP contribution in [0.5, 0.6) is 5.75 Å². The van der Waals surface area contributed by atoms with Gasteiger partial charge in [0.05, 0.1) is 29.2 Å². The van der Waals surface area contributed by atoms with Crippen molar-refractivity contribution in [3.05, 3.63) is 54.1 Å². The molecule has 0 unspecified atom stereocenters. The van der Waals surface area contributed by atoms with Gasteiger partial charge in [-0.3, -0.25) is 14.5 Å². The van der Waals surface area contributed by atoms with Crippen LogP contribution in [0.15, 0.2) is 57.8 Å². The van der Waals surface area contributed by atoms with Crippen LogP contribution in [0.25, 0.3) is 6.08 Å². The van der Waals surface area contributed by atoms with Crippen LogP contribution in [0.3, 0.4) is 0 Å². The van der Waals surface area contributed by atoms with Crippen LogP contribution >= 0.6 is 11.8 Å². The van der Waals surface area contributed by atoms with Crippen molar-refractivity contribution in [3.8, 4) is 5.75 Å². The van der Waals surface area contributed by atoms with Gasteiger partial charge in [-0.05, 0) is 49.7 Å². The van der Waals surface area contributed by atoms with E-state index in [2.05, 4.69) is 9.73 Å². The normalized spacial score (nSPS) is 20.3. The van der Waals surface area contributed by atoms with E-state index >= 15 is 0 Å². The van der Waals surface area contributed by atoms with E-state index in [0.717, 1.165) is 11.8 Å². The lowest BCUT2D eigenvalue weighted by atomic mass is 10.2. The first-order valence-electron chi connectivity index (χ1n) is 11.0. The van der Waals surface area contributed by atoms with E-state index in [1.807, 2.05) is 0 Å². The third-order valence-electron chi connectivity index (χ3n) is 5.61. The van der Waals surface area contributed by atoms with Gasteiger partial charge >= 0.3 is 6.61 Å². The first-order chi connectivity index (χ1) is 17.2. The number of halogens is 2. The average Bonchev–Trinajstić information content (AvgIpc) is 3.54. The van der Waals surface area contributed by atoms with Crippen molar-refractivity contribution in [2.45, 2.75) is 26.0 Å². The van der Waals surface area contributed by atoms with Crippen LogP contribution in [-0.4, -0.2) is 66.8 Å². The fourth-order valence-corrected chi connectivity index (χ4v) is 6.60. The lowest BCUT2D eigenvalue weighted by Gasteiger charge is -2.27. The Morgan fingerprint density at radius 3 is 2.67 bits per heavy atom. The molecule has 0 N–H and O–H groups in total. The number of furan rings is 1. The molecule has 3 heterocycles. The van der Waals surface area contributed by atoms with Gasteiger partial charge in [0.2, 0.25) is 5.91 Å². The van der Waals surface area contributed by atoms with Gasteiger partial charge in [0.15, 0.2) is 15.0 Å². The number of alkyl halides is 2. The number of hydrogen-bond donors (Lipinski definition) is 0. The number of sulfone groups is 1. The number of amides is 2. The van der Waals surface area contributed by atoms with E-state index in [1.165, 1.54) is 46.4 Å². The van der Waals surface area contributed by atoms with Crippen molar-refractivity contribution < 1.29 is 35.9 Å². The number of rotatable bonds is 8. The van der Waals surface area contributed by atoms with E-state index < -0.39 is 22.4 Å². The van der Waals surface area contributed by atoms with Gasteiger partial charge in [0.1, 0.15) is 17.2 Å². The molecule has 0 saturated carbocycles. The van der Waals surface area contributed by atoms with Crippen LogP contribution in [0.1, 0.15) is 19.1 Å². The van der Waals surface area contributed by atoms with E-state index in [0.29, 0.717) is 24.4 Å². The first kappa shape index (κ1) is 25.9. The topological polar surface area (TPSA) is 109 Å². The number of ether oxygens (including phenoxy) is 1. The number of anilines is 1. The summed E-state index contributed by atoms with van der Waals surface area (Å²) in [5.74, 6) is -0.514. The lowest BCUT2D eigenvalue weighted by molar-refractivity contribution is -0.129. The Morgan fingerprint density at radius 2 is 2.08 bits per heavy atom. The lowest BCUT2D eigenvalue weighted by Crippen LogP contribution is -2.42. The maximum absolute atomic E-state index is 13.2. The van der Waals surface area contributed by atoms with Gasteiger partial charge in [-0.15, -0.1) is 0 Å². The minimum Gasteiger partial charge on any atom is -0.465 e. The summed E-state index contributed by atoms with van der Waals surface area (Å²) in [6, 6.07) is 8.40. The number of nitrogens with zero attached hydrogens (tertiary/aromatic N) is 3. The molecule has 1 atom stereocenters. The summed E-state index contributed by atoms with van der Waals surface area (Å²) in [5.41, 5.74) is 0.416. The second-order valence-electron chi connectivity index (χ2n) is 7.98. The number of hydrogen-bond acceptors (Lipinski definition) is 8. The Bertz CT molecular complexity index is 1280. The van der Waals surface area contributed by atoms with Crippen molar-refractivity contribution in [1.82, 2.24) is 4.90 Å². The number of carbonyl (C=O) groups is 2. The van der Waals surface area contributed by atoms with Gasteiger partial charge in [-0.2, -0.15) is 8.78 Å². The average molecular weight is 540 g/mol. The number of benzene rings is 1. The second-order valence-corrected chi connectivity index (χ2v) is 11.1. The van der Waals surface area contributed by atoms with E-state index in [9.17, 15) is 26.8 Å². The molecule has 2 aromatic rings. The van der Waals surface area contributed by atoms with Gasteiger partial charge in [0.25, 0.3) is 5.91 Å². The summed E-state index contributed by atoms with van der Waals surface area (Å²) in [5, 5.41) is 0.212. The molecule has 2 amide bonds. The molecule has 0 radical (unpaired) electrons. The standard InChI is InChI=1S/C23H23F2N3O6S2/c1-2-27(16-9-11-36(31,32)14-16)20(29)13-35-23-26-19(12-18-4-3-10-33-18)21(30)28(23)15-5-7-17(8-6-15)34-22(24)25/h3-8,10,12,16,22H,2,9,11,13-14H2,1H3/b19-12+/t16-/m0/s1. The predicted octanol–water partition coefficient (Wildman–Crippen LogP) is 3.39. The molecule has 0 aliphatic carbocycles. The van der Waals surface area contributed by atoms with Gasteiger partial charge in [-0.25, -0.2) is 13.4 Å². The molecular weight excluding hydrogens is 516 g/mol. The molecule has 2 aliphatic heterocycles. The Balaban J connectivity index is 1.55. The smallest absolute Gasteiger partial charge is 0.387 e. The highest BCUT2D eigenvalue weighted by molar-refractivity contribution is 8.14. The zero-order chi connectivity index (χ0) is 25.9. The predicted molar refractivity (Wildman–Crippen MR) is 132 cm³/mol. The highest BCUT2D eigenvalue weighted by atomic mass is 32.2. The molecule has 9 nitrogen and oxygen atoms in total. The molecule has 36 heavy (non-hydrogen) atoms. The Kier molecular flexibility index (Phi) is 7.79. The fourth-order valence-electron chi connectivity index (χ4n) is 3.97.